The molecule has 0 radical (unpaired) electrons. The number of benzene rings is 1. The molecule has 2 amide bonds. The molecule has 1 aromatic carbocycles. The Kier molecular flexibility index (Phi) is 3.47. The normalized spacial score (nSPS) is 16.2. The van der Waals surface area contributed by atoms with Gasteiger partial charge in [-0.3, -0.25) is 9.59 Å². The van der Waals surface area contributed by atoms with Gasteiger partial charge in [0.1, 0.15) is 6.54 Å². The molecule has 1 aliphatic heterocycles. The van der Waals surface area contributed by atoms with Crippen molar-refractivity contribution in [1.82, 2.24) is 9.80 Å². The molecule has 1 fully saturated rings. The average molecular weight is 297 g/mol. The molecule has 0 bridgehead atoms. The van der Waals surface area contributed by atoms with Crippen LogP contribution in [0.3, 0.4) is 0 Å². The monoisotopic (exact) mass is 296 g/mol. The SMILES string of the molecule is CN1CCN(C(=O)c2ccccc2Br)CC1=O. The van der Waals surface area contributed by atoms with Crippen LogP contribution in [0.25, 0.3) is 0 Å². The maximum Gasteiger partial charge on any atom is 0.255 e. The van der Waals surface area contributed by atoms with Crippen molar-refractivity contribution in [1.29, 1.82) is 0 Å². The highest BCUT2D eigenvalue weighted by Gasteiger charge is 2.26. The zero-order chi connectivity index (χ0) is 12.4. The first-order chi connectivity index (χ1) is 8.09. The van der Waals surface area contributed by atoms with E-state index in [1.807, 2.05) is 18.2 Å². The van der Waals surface area contributed by atoms with Gasteiger partial charge in [0.2, 0.25) is 5.91 Å². The van der Waals surface area contributed by atoms with Crippen molar-refractivity contribution in [3.05, 3.63) is 34.3 Å². The largest absolute Gasteiger partial charge is 0.342 e. The third-order valence-corrected chi connectivity index (χ3v) is 3.54. The van der Waals surface area contributed by atoms with Gasteiger partial charge in [0.05, 0.1) is 5.56 Å². The van der Waals surface area contributed by atoms with Gasteiger partial charge in [-0.25, -0.2) is 0 Å². The lowest BCUT2D eigenvalue weighted by molar-refractivity contribution is -0.133. The lowest BCUT2D eigenvalue weighted by atomic mass is 10.2. The Morgan fingerprint density at radius 1 is 1.29 bits per heavy atom. The quantitative estimate of drug-likeness (QED) is 0.785. The van der Waals surface area contributed by atoms with Gasteiger partial charge >= 0.3 is 0 Å². The summed E-state index contributed by atoms with van der Waals surface area (Å²) in [7, 11) is 1.75. The van der Waals surface area contributed by atoms with Crippen molar-refractivity contribution < 1.29 is 9.59 Å². The highest BCUT2D eigenvalue weighted by molar-refractivity contribution is 9.10. The van der Waals surface area contributed by atoms with Crippen LogP contribution in [-0.4, -0.2) is 48.3 Å². The molecule has 1 aromatic rings. The first-order valence-corrected chi connectivity index (χ1v) is 6.16. The summed E-state index contributed by atoms with van der Waals surface area (Å²) in [6.45, 7) is 1.34. The highest BCUT2D eigenvalue weighted by atomic mass is 79.9. The van der Waals surface area contributed by atoms with E-state index in [0.29, 0.717) is 18.7 Å². The number of carbonyl (C=O) groups is 2. The number of likely N-dealkylation sites (N-methyl/N-ethyl adjacent to an activating group) is 1. The second-order valence-electron chi connectivity index (χ2n) is 4.02. The van der Waals surface area contributed by atoms with Gasteiger partial charge in [0.25, 0.3) is 5.91 Å². The molecular weight excluding hydrogens is 284 g/mol. The van der Waals surface area contributed by atoms with Crippen LogP contribution in [0.4, 0.5) is 0 Å². The number of amides is 2. The van der Waals surface area contributed by atoms with Gasteiger partial charge in [-0.2, -0.15) is 0 Å². The van der Waals surface area contributed by atoms with E-state index in [9.17, 15) is 9.59 Å². The second kappa shape index (κ2) is 4.87. The summed E-state index contributed by atoms with van der Waals surface area (Å²) in [5.41, 5.74) is 0.602. The second-order valence-corrected chi connectivity index (χ2v) is 4.88. The lowest BCUT2D eigenvalue weighted by Crippen LogP contribution is -2.50. The summed E-state index contributed by atoms with van der Waals surface area (Å²) in [6.07, 6.45) is 0. The summed E-state index contributed by atoms with van der Waals surface area (Å²) >= 11 is 3.35. The van der Waals surface area contributed by atoms with Crippen LogP contribution >= 0.6 is 15.9 Å². The van der Waals surface area contributed by atoms with Gasteiger partial charge in [0.15, 0.2) is 0 Å². The van der Waals surface area contributed by atoms with Crippen molar-refractivity contribution in [3.8, 4) is 0 Å². The molecule has 0 aromatic heterocycles. The Bertz CT molecular complexity index is 462. The minimum absolute atomic E-state index is 0.0170. The number of rotatable bonds is 1. The molecule has 17 heavy (non-hydrogen) atoms. The minimum Gasteiger partial charge on any atom is -0.342 e. The van der Waals surface area contributed by atoms with E-state index < -0.39 is 0 Å². The van der Waals surface area contributed by atoms with Crippen molar-refractivity contribution in [2.24, 2.45) is 0 Å². The van der Waals surface area contributed by atoms with Gasteiger partial charge in [-0.1, -0.05) is 12.1 Å². The average Bonchev–Trinajstić information content (AvgIpc) is 2.32. The standard InChI is InChI=1S/C12H13BrN2O2/c1-14-6-7-15(8-11(14)16)12(17)9-4-2-3-5-10(9)13/h2-5H,6-8H2,1H3. The Labute approximate surface area is 108 Å². The first-order valence-electron chi connectivity index (χ1n) is 5.37. The van der Waals surface area contributed by atoms with E-state index in [4.69, 9.17) is 0 Å². The van der Waals surface area contributed by atoms with Crippen LogP contribution in [0.2, 0.25) is 0 Å². The molecule has 4 nitrogen and oxygen atoms in total. The van der Waals surface area contributed by atoms with E-state index in [-0.39, 0.29) is 18.4 Å². The Balaban J connectivity index is 2.16. The van der Waals surface area contributed by atoms with Crippen LogP contribution in [0.1, 0.15) is 10.4 Å². The molecule has 0 unspecified atom stereocenters. The Hall–Kier alpha value is -1.36. The van der Waals surface area contributed by atoms with E-state index in [0.717, 1.165) is 4.47 Å². The molecule has 5 heteroatoms. The molecule has 0 saturated carbocycles. The van der Waals surface area contributed by atoms with Crippen molar-refractivity contribution in [2.75, 3.05) is 26.7 Å². The van der Waals surface area contributed by atoms with Crippen molar-refractivity contribution in [2.45, 2.75) is 0 Å². The molecule has 1 aliphatic rings. The molecule has 0 N–H and O–H groups in total. The van der Waals surface area contributed by atoms with Crippen LogP contribution in [-0.2, 0) is 4.79 Å². The van der Waals surface area contributed by atoms with Crippen LogP contribution in [0.15, 0.2) is 28.7 Å². The Morgan fingerprint density at radius 2 is 2.00 bits per heavy atom. The topological polar surface area (TPSA) is 40.6 Å². The zero-order valence-electron chi connectivity index (χ0n) is 9.52. The lowest BCUT2D eigenvalue weighted by Gasteiger charge is -2.32. The maximum atomic E-state index is 12.2. The molecule has 1 saturated heterocycles. The fraction of sp³-hybridized carbons (Fsp3) is 0.333. The Morgan fingerprint density at radius 3 is 2.65 bits per heavy atom. The number of piperazine rings is 1. The maximum absolute atomic E-state index is 12.2. The van der Waals surface area contributed by atoms with Crippen LogP contribution < -0.4 is 0 Å². The minimum atomic E-state index is -0.0982. The molecule has 90 valence electrons. The van der Waals surface area contributed by atoms with E-state index in [2.05, 4.69) is 15.9 Å². The number of halogens is 1. The summed E-state index contributed by atoms with van der Waals surface area (Å²) in [5, 5.41) is 0. The zero-order valence-corrected chi connectivity index (χ0v) is 11.1. The van der Waals surface area contributed by atoms with Crippen molar-refractivity contribution in [3.63, 3.8) is 0 Å². The third-order valence-electron chi connectivity index (χ3n) is 2.85. The number of hydrogen-bond acceptors (Lipinski definition) is 2. The molecule has 0 atom stereocenters. The third kappa shape index (κ3) is 2.49. The smallest absolute Gasteiger partial charge is 0.255 e. The van der Waals surface area contributed by atoms with Crippen molar-refractivity contribution >= 4 is 27.7 Å². The molecule has 0 aliphatic carbocycles. The fourth-order valence-electron chi connectivity index (χ4n) is 1.74. The summed E-state index contributed by atoms with van der Waals surface area (Å²) < 4.78 is 0.761. The summed E-state index contributed by atoms with van der Waals surface area (Å²) in [4.78, 5) is 27.0. The van der Waals surface area contributed by atoms with Gasteiger partial charge < -0.3 is 9.80 Å². The van der Waals surface area contributed by atoms with E-state index >= 15 is 0 Å². The van der Waals surface area contributed by atoms with Crippen LogP contribution in [0, 0.1) is 0 Å². The summed E-state index contributed by atoms with van der Waals surface area (Å²) in [5.74, 6) is -0.115. The number of hydrogen-bond donors (Lipinski definition) is 0. The molecular formula is C12H13BrN2O2. The molecule has 1 heterocycles. The summed E-state index contributed by atoms with van der Waals surface area (Å²) in [6, 6.07) is 7.26. The predicted molar refractivity (Wildman–Crippen MR) is 67.7 cm³/mol. The van der Waals surface area contributed by atoms with Crippen LogP contribution in [0.5, 0.6) is 0 Å². The van der Waals surface area contributed by atoms with E-state index in [1.165, 1.54) is 0 Å². The van der Waals surface area contributed by atoms with Gasteiger partial charge in [-0.15, -0.1) is 0 Å². The first kappa shape index (κ1) is 12.1. The number of nitrogens with zero attached hydrogens (tertiary/aromatic N) is 2. The number of carbonyl (C=O) groups excluding carboxylic acids is 2. The fourth-order valence-corrected chi connectivity index (χ4v) is 2.19. The molecule has 2 rings (SSSR count). The van der Waals surface area contributed by atoms with Gasteiger partial charge in [0, 0.05) is 24.6 Å². The van der Waals surface area contributed by atoms with E-state index in [1.54, 1.807) is 22.9 Å². The van der Waals surface area contributed by atoms with Gasteiger partial charge in [-0.05, 0) is 28.1 Å². The molecule has 0 spiro atoms. The highest BCUT2D eigenvalue weighted by Crippen LogP contribution is 2.18. The predicted octanol–water partition coefficient (Wildman–Crippen LogP) is 1.36.